The van der Waals surface area contributed by atoms with Gasteiger partial charge in [0.15, 0.2) is 5.82 Å². The molecule has 7 heteroatoms. The van der Waals surface area contributed by atoms with Crippen molar-refractivity contribution in [2.45, 2.75) is 18.9 Å². The van der Waals surface area contributed by atoms with Crippen molar-refractivity contribution in [2.75, 3.05) is 30.4 Å². The van der Waals surface area contributed by atoms with Gasteiger partial charge in [0.1, 0.15) is 10.9 Å². The summed E-state index contributed by atoms with van der Waals surface area (Å²) in [6.45, 7) is 2.19. The predicted molar refractivity (Wildman–Crippen MR) is 111 cm³/mol. The molecule has 27 heavy (non-hydrogen) atoms. The molecule has 4 rings (SSSR count). The zero-order chi connectivity index (χ0) is 18.6. The minimum atomic E-state index is 0.600. The lowest BCUT2D eigenvalue weighted by Gasteiger charge is -2.33. The zero-order valence-electron chi connectivity index (χ0n) is 15.2. The van der Waals surface area contributed by atoms with Crippen LogP contribution in [0.25, 0.3) is 10.6 Å². The predicted octanol–water partition coefficient (Wildman–Crippen LogP) is 3.94. The largest absolute Gasteiger partial charge is 0.372 e. The lowest BCUT2D eigenvalue weighted by atomic mass is 10.0. The van der Waals surface area contributed by atoms with Crippen LogP contribution in [0.1, 0.15) is 17.7 Å². The van der Waals surface area contributed by atoms with Gasteiger partial charge < -0.3 is 15.5 Å². The average molecular weight is 379 g/mol. The van der Waals surface area contributed by atoms with Crippen molar-refractivity contribution in [2.24, 2.45) is 0 Å². The third kappa shape index (κ3) is 3.97. The van der Waals surface area contributed by atoms with Gasteiger partial charge in [-0.2, -0.15) is 10.4 Å². The summed E-state index contributed by atoms with van der Waals surface area (Å²) in [5.74, 6) is 0.761. The van der Waals surface area contributed by atoms with Gasteiger partial charge in [-0.05, 0) is 62.3 Å². The normalized spacial score (nSPS) is 14.7. The Kier molecular flexibility index (Phi) is 5.10. The number of aromatic nitrogens is 2. The number of nitrogens with zero attached hydrogens (tertiary/aromatic N) is 3. The Morgan fingerprint density at radius 2 is 1.96 bits per heavy atom. The lowest BCUT2D eigenvalue weighted by Crippen LogP contribution is -2.41. The number of benzene rings is 1. The van der Waals surface area contributed by atoms with Gasteiger partial charge >= 0.3 is 0 Å². The number of anilines is 3. The highest BCUT2D eigenvalue weighted by Crippen LogP contribution is 2.29. The topological polar surface area (TPSA) is 79.8 Å². The number of aromatic amines is 1. The maximum absolute atomic E-state index is 8.96. The van der Waals surface area contributed by atoms with Crippen LogP contribution in [-0.2, 0) is 0 Å². The summed E-state index contributed by atoms with van der Waals surface area (Å²) in [6.07, 6.45) is 2.37. The molecule has 6 nitrogen and oxygen atoms in total. The van der Waals surface area contributed by atoms with Crippen molar-refractivity contribution in [3.63, 3.8) is 0 Å². The highest BCUT2D eigenvalue weighted by Gasteiger charge is 2.18. The van der Waals surface area contributed by atoms with E-state index in [-0.39, 0.29) is 0 Å². The van der Waals surface area contributed by atoms with Gasteiger partial charge in [0.2, 0.25) is 0 Å². The Balaban J connectivity index is 1.42. The zero-order valence-corrected chi connectivity index (χ0v) is 16.0. The molecule has 1 saturated heterocycles. The fourth-order valence-electron chi connectivity index (χ4n) is 3.39. The summed E-state index contributed by atoms with van der Waals surface area (Å²) in [5, 5.41) is 23.1. The molecule has 0 unspecified atom stereocenters. The molecule has 3 heterocycles. The smallest absolute Gasteiger partial charge is 0.152 e. The Bertz CT molecular complexity index is 930. The molecule has 2 aromatic heterocycles. The Hall–Kier alpha value is -2.82. The standard InChI is InChI=1S/C20H22N6S/c1-26(16-8-10-22-11-9-16)15-4-2-14(3-5-15)23-20-12-18(24-25-20)19-7-6-17(13-21)27-19/h2-7,12,16,22H,8-11H2,1H3,(H2,23,24,25). The van der Waals surface area contributed by atoms with Crippen LogP contribution in [0.2, 0.25) is 0 Å². The fourth-order valence-corrected chi connectivity index (χ4v) is 4.16. The third-order valence-corrected chi connectivity index (χ3v) is 5.99. The second-order valence-corrected chi connectivity index (χ2v) is 7.79. The van der Waals surface area contributed by atoms with Crippen molar-refractivity contribution in [1.82, 2.24) is 15.5 Å². The van der Waals surface area contributed by atoms with E-state index in [1.165, 1.54) is 29.9 Å². The molecule has 0 amide bonds. The number of thiophene rings is 1. The van der Waals surface area contributed by atoms with Crippen molar-refractivity contribution in [3.05, 3.63) is 47.3 Å². The summed E-state index contributed by atoms with van der Waals surface area (Å²) < 4.78 is 0. The highest BCUT2D eigenvalue weighted by molar-refractivity contribution is 7.15. The van der Waals surface area contributed by atoms with Gasteiger partial charge in [-0.25, -0.2) is 0 Å². The van der Waals surface area contributed by atoms with E-state index in [9.17, 15) is 0 Å². The van der Waals surface area contributed by atoms with Crippen molar-refractivity contribution in [1.29, 1.82) is 5.26 Å². The van der Waals surface area contributed by atoms with Crippen molar-refractivity contribution >= 4 is 28.5 Å². The van der Waals surface area contributed by atoms with Gasteiger partial charge in [0.05, 0.1) is 10.6 Å². The average Bonchev–Trinajstić information content (AvgIpc) is 3.38. The van der Waals surface area contributed by atoms with Crippen LogP contribution < -0.4 is 15.5 Å². The summed E-state index contributed by atoms with van der Waals surface area (Å²) in [5.41, 5.74) is 3.14. The molecule has 3 N–H and O–H groups in total. The van der Waals surface area contributed by atoms with Crippen LogP contribution >= 0.6 is 11.3 Å². The quantitative estimate of drug-likeness (QED) is 0.627. The van der Waals surface area contributed by atoms with Gasteiger partial charge in [0.25, 0.3) is 0 Å². The van der Waals surface area contributed by atoms with Gasteiger partial charge in [-0.3, -0.25) is 5.10 Å². The SMILES string of the molecule is CN(c1ccc(Nc2cc(-c3ccc(C#N)s3)[nH]n2)cc1)C1CCNCC1. The molecular weight excluding hydrogens is 356 g/mol. The maximum Gasteiger partial charge on any atom is 0.152 e. The fraction of sp³-hybridized carbons (Fsp3) is 0.300. The Morgan fingerprint density at radius 1 is 1.19 bits per heavy atom. The van der Waals surface area contributed by atoms with Gasteiger partial charge in [-0.15, -0.1) is 11.3 Å². The van der Waals surface area contributed by atoms with E-state index in [0.29, 0.717) is 10.9 Å². The number of hydrogen-bond donors (Lipinski definition) is 3. The molecule has 138 valence electrons. The second kappa shape index (κ2) is 7.82. The summed E-state index contributed by atoms with van der Waals surface area (Å²) >= 11 is 1.45. The first-order chi connectivity index (χ1) is 13.2. The number of nitrogens with one attached hydrogen (secondary N) is 3. The van der Waals surface area contributed by atoms with Crippen LogP contribution in [0.3, 0.4) is 0 Å². The van der Waals surface area contributed by atoms with Crippen LogP contribution in [0.15, 0.2) is 42.5 Å². The molecular formula is C20H22N6S. The first-order valence-corrected chi connectivity index (χ1v) is 9.91. The number of rotatable bonds is 5. The third-order valence-electron chi connectivity index (χ3n) is 4.96. The Labute approximate surface area is 162 Å². The van der Waals surface area contributed by atoms with E-state index < -0.39 is 0 Å². The Morgan fingerprint density at radius 3 is 2.67 bits per heavy atom. The molecule has 0 bridgehead atoms. The molecule has 0 atom stereocenters. The molecule has 1 fully saturated rings. The molecule has 0 radical (unpaired) electrons. The molecule has 3 aromatic rings. The maximum atomic E-state index is 8.96. The van der Waals surface area contributed by atoms with Crippen LogP contribution in [0.5, 0.6) is 0 Å². The van der Waals surface area contributed by atoms with Crippen molar-refractivity contribution < 1.29 is 0 Å². The van der Waals surface area contributed by atoms with Crippen LogP contribution in [0, 0.1) is 11.3 Å². The number of piperidine rings is 1. The minimum absolute atomic E-state index is 0.600. The van der Waals surface area contributed by atoms with E-state index in [4.69, 9.17) is 5.26 Å². The summed E-state index contributed by atoms with van der Waals surface area (Å²) in [7, 11) is 2.18. The monoisotopic (exact) mass is 378 g/mol. The molecule has 0 aliphatic carbocycles. The molecule has 1 aliphatic rings. The van der Waals surface area contributed by atoms with Crippen LogP contribution in [0.4, 0.5) is 17.2 Å². The number of hydrogen-bond acceptors (Lipinski definition) is 6. The summed E-state index contributed by atoms with van der Waals surface area (Å²) in [4.78, 5) is 4.08. The number of H-pyrrole nitrogens is 1. The summed E-state index contributed by atoms with van der Waals surface area (Å²) in [6, 6.07) is 17.0. The highest BCUT2D eigenvalue weighted by atomic mass is 32.1. The minimum Gasteiger partial charge on any atom is -0.372 e. The van der Waals surface area contributed by atoms with E-state index in [2.05, 4.69) is 63.1 Å². The van der Waals surface area contributed by atoms with Crippen LogP contribution in [-0.4, -0.2) is 36.4 Å². The first kappa shape index (κ1) is 17.6. The molecule has 1 aliphatic heterocycles. The first-order valence-electron chi connectivity index (χ1n) is 9.09. The van der Waals surface area contributed by atoms with E-state index in [1.54, 1.807) is 0 Å². The second-order valence-electron chi connectivity index (χ2n) is 6.71. The van der Waals surface area contributed by atoms with Crippen molar-refractivity contribution in [3.8, 4) is 16.6 Å². The molecule has 0 spiro atoms. The van der Waals surface area contributed by atoms with Gasteiger partial charge in [-0.1, -0.05) is 0 Å². The molecule has 1 aromatic carbocycles. The number of nitriles is 1. The molecule has 0 saturated carbocycles. The van der Waals surface area contributed by atoms with E-state index >= 15 is 0 Å². The lowest BCUT2D eigenvalue weighted by molar-refractivity contribution is 0.443. The van der Waals surface area contributed by atoms with E-state index in [0.717, 1.165) is 35.2 Å². The van der Waals surface area contributed by atoms with E-state index in [1.807, 2.05) is 18.2 Å². The van der Waals surface area contributed by atoms with Gasteiger partial charge in [0, 0.05) is 30.5 Å².